The van der Waals surface area contributed by atoms with Gasteiger partial charge in [-0.05, 0) is 29.7 Å². The summed E-state index contributed by atoms with van der Waals surface area (Å²) in [7, 11) is 0. The summed E-state index contributed by atoms with van der Waals surface area (Å²) in [5, 5.41) is 6.06. The minimum Gasteiger partial charge on any atom is -0.369 e. The van der Waals surface area contributed by atoms with Crippen LogP contribution in [0.25, 0.3) is 10.8 Å². The number of benzene rings is 3. The van der Waals surface area contributed by atoms with Gasteiger partial charge in [0, 0.05) is 60.9 Å². The number of nitrogens with zero attached hydrogens (tertiary/aromatic N) is 2. The van der Waals surface area contributed by atoms with Crippen molar-refractivity contribution in [3.63, 3.8) is 0 Å². The van der Waals surface area contributed by atoms with Gasteiger partial charge in [-0.15, -0.1) is 0 Å². The predicted molar refractivity (Wildman–Crippen MR) is 117 cm³/mol. The Labute approximate surface area is 170 Å². The highest BCUT2D eigenvalue weighted by atomic mass is 35.5. The Bertz CT molecular complexity index is 961. The molecular formula is C23H24ClN3O. The van der Waals surface area contributed by atoms with Gasteiger partial charge in [0.2, 0.25) is 5.91 Å². The van der Waals surface area contributed by atoms with Crippen LogP contribution >= 0.6 is 11.6 Å². The maximum absolute atomic E-state index is 12.5. The van der Waals surface area contributed by atoms with Gasteiger partial charge in [-0.2, -0.15) is 0 Å². The Morgan fingerprint density at radius 3 is 2.50 bits per heavy atom. The van der Waals surface area contributed by atoms with E-state index in [1.54, 1.807) is 0 Å². The van der Waals surface area contributed by atoms with Crippen LogP contribution in [0, 0.1) is 0 Å². The molecule has 5 heteroatoms. The van der Waals surface area contributed by atoms with Gasteiger partial charge in [-0.25, -0.2) is 0 Å². The highest BCUT2D eigenvalue weighted by molar-refractivity contribution is 6.30. The molecule has 0 bridgehead atoms. The largest absolute Gasteiger partial charge is 0.369 e. The van der Waals surface area contributed by atoms with Gasteiger partial charge in [-0.1, -0.05) is 54.1 Å². The molecule has 0 aromatic heterocycles. The van der Waals surface area contributed by atoms with Crippen LogP contribution in [0.4, 0.5) is 11.4 Å². The predicted octanol–water partition coefficient (Wildman–Crippen LogP) is 4.64. The first-order valence-electron chi connectivity index (χ1n) is 9.69. The molecule has 1 saturated heterocycles. The zero-order chi connectivity index (χ0) is 19.3. The van der Waals surface area contributed by atoms with Gasteiger partial charge in [-0.3, -0.25) is 9.69 Å². The number of fused-ring (bicyclic) bond motifs is 1. The van der Waals surface area contributed by atoms with E-state index < -0.39 is 0 Å². The van der Waals surface area contributed by atoms with E-state index in [-0.39, 0.29) is 5.91 Å². The molecule has 0 unspecified atom stereocenters. The normalized spacial score (nSPS) is 15.0. The maximum Gasteiger partial charge on any atom is 0.225 e. The van der Waals surface area contributed by atoms with Gasteiger partial charge in [0.15, 0.2) is 0 Å². The van der Waals surface area contributed by atoms with Gasteiger partial charge >= 0.3 is 0 Å². The highest BCUT2D eigenvalue weighted by Gasteiger charge is 2.18. The number of carbonyl (C=O) groups is 1. The van der Waals surface area contributed by atoms with E-state index in [0.717, 1.165) is 54.2 Å². The summed E-state index contributed by atoms with van der Waals surface area (Å²) in [4.78, 5) is 17.2. The maximum atomic E-state index is 12.5. The van der Waals surface area contributed by atoms with E-state index in [9.17, 15) is 4.79 Å². The SMILES string of the molecule is O=C(CCN1CCN(c2cccc(Cl)c2)CC1)Nc1cccc2ccccc12. The third-order valence-electron chi connectivity index (χ3n) is 5.26. The van der Waals surface area contributed by atoms with Crippen molar-refractivity contribution in [3.05, 3.63) is 71.8 Å². The molecule has 1 aliphatic heterocycles. The van der Waals surface area contributed by atoms with Crippen molar-refractivity contribution in [2.24, 2.45) is 0 Å². The van der Waals surface area contributed by atoms with Crippen molar-refractivity contribution in [1.82, 2.24) is 4.90 Å². The number of anilines is 2. The molecule has 0 radical (unpaired) electrons. The molecule has 4 nitrogen and oxygen atoms in total. The second-order valence-corrected chi connectivity index (χ2v) is 7.57. The van der Waals surface area contributed by atoms with Crippen LogP contribution in [0.2, 0.25) is 5.02 Å². The van der Waals surface area contributed by atoms with Gasteiger partial charge in [0.25, 0.3) is 0 Å². The van der Waals surface area contributed by atoms with Crippen LogP contribution in [-0.4, -0.2) is 43.5 Å². The van der Waals surface area contributed by atoms with Crippen molar-refractivity contribution < 1.29 is 4.79 Å². The second kappa shape index (κ2) is 8.63. The molecule has 28 heavy (non-hydrogen) atoms. The molecule has 0 saturated carbocycles. The Balaban J connectivity index is 1.28. The standard InChI is InChI=1S/C23H24ClN3O/c24-19-7-4-8-20(17-19)27-15-13-26(14-16-27)12-11-23(28)25-22-10-3-6-18-5-1-2-9-21(18)22/h1-10,17H,11-16H2,(H,25,28). The third kappa shape index (κ3) is 4.46. The number of halogens is 1. The molecule has 1 amide bonds. The Kier molecular flexibility index (Phi) is 5.79. The Morgan fingerprint density at radius 2 is 1.68 bits per heavy atom. The van der Waals surface area contributed by atoms with Crippen LogP contribution < -0.4 is 10.2 Å². The van der Waals surface area contributed by atoms with Gasteiger partial charge in [0.05, 0.1) is 0 Å². The molecule has 144 valence electrons. The number of hydrogen-bond acceptors (Lipinski definition) is 3. The first-order valence-corrected chi connectivity index (χ1v) is 10.1. The molecule has 0 atom stereocenters. The lowest BCUT2D eigenvalue weighted by atomic mass is 10.1. The number of nitrogens with one attached hydrogen (secondary N) is 1. The molecule has 1 heterocycles. The summed E-state index contributed by atoms with van der Waals surface area (Å²) in [5.74, 6) is 0.0635. The number of carbonyl (C=O) groups excluding carboxylic acids is 1. The summed E-state index contributed by atoms with van der Waals surface area (Å²) >= 11 is 6.10. The van der Waals surface area contributed by atoms with Crippen molar-refractivity contribution >= 4 is 39.7 Å². The van der Waals surface area contributed by atoms with E-state index >= 15 is 0 Å². The first kappa shape index (κ1) is 18.8. The molecule has 1 N–H and O–H groups in total. The molecule has 0 aliphatic carbocycles. The summed E-state index contributed by atoms with van der Waals surface area (Å²) in [6, 6.07) is 22.1. The minimum atomic E-state index is 0.0635. The smallest absolute Gasteiger partial charge is 0.225 e. The Morgan fingerprint density at radius 1 is 0.929 bits per heavy atom. The molecule has 0 spiro atoms. The summed E-state index contributed by atoms with van der Waals surface area (Å²) in [6.45, 7) is 4.58. The average Bonchev–Trinajstić information content (AvgIpc) is 2.73. The zero-order valence-electron chi connectivity index (χ0n) is 15.8. The van der Waals surface area contributed by atoms with Crippen LogP contribution in [-0.2, 0) is 4.79 Å². The topological polar surface area (TPSA) is 35.6 Å². The van der Waals surface area contributed by atoms with Gasteiger partial charge in [0.1, 0.15) is 0 Å². The van der Waals surface area contributed by atoms with E-state index in [4.69, 9.17) is 11.6 Å². The van der Waals surface area contributed by atoms with Gasteiger partial charge < -0.3 is 10.2 Å². The van der Waals surface area contributed by atoms with E-state index in [1.165, 1.54) is 5.69 Å². The van der Waals surface area contributed by atoms with Crippen molar-refractivity contribution in [2.75, 3.05) is 42.9 Å². The van der Waals surface area contributed by atoms with E-state index in [0.29, 0.717) is 6.42 Å². The quantitative estimate of drug-likeness (QED) is 0.685. The lowest BCUT2D eigenvalue weighted by molar-refractivity contribution is -0.116. The lowest BCUT2D eigenvalue weighted by Gasteiger charge is -2.36. The summed E-state index contributed by atoms with van der Waals surface area (Å²) < 4.78 is 0. The second-order valence-electron chi connectivity index (χ2n) is 7.13. The van der Waals surface area contributed by atoms with Crippen LogP contribution in [0.5, 0.6) is 0 Å². The van der Waals surface area contributed by atoms with E-state index in [1.807, 2.05) is 48.5 Å². The van der Waals surface area contributed by atoms with Crippen LogP contribution in [0.15, 0.2) is 66.7 Å². The van der Waals surface area contributed by atoms with Crippen LogP contribution in [0.1, 0.15) is 6.42 Å². The number of hydrogen-bond donors (Lipinski definition) is 1. The molecule has 4 rings (SSSR count). The molecule has 3 aromatic rings. The minimum absolute atomic E-state index is 0.0635. The number of amides is 1. The van der Waals surface area contributed by atoms with Crippen molar-refractivity contribution in [1.29, 1.82) is 0 Å². The third-order valence-corrected chi connectivity index (χ3v) is 5.50. The van der Waals surface area contributed by atoms with Crippen molar-refractivity contribution in [3.8, 4) is 0 Å². The lowest BCUT2D eigenvalue weighted by Crippen LogP contribution is -2.47. The zero-order valence-corrected chi connectivity index (χ0v) is 16.5. The van der Waals surface area contributed by atoms with Crippen molar-refractivity contribution in [2.45, 2.75) is 6.42 Å². The van der Waals surface area contributed by atoms with Crippen LogP contribution in [0.3, 0.4) is 0 Å². The monoisotopic (exact) mass is 393 g/mol. The Hall–Kier alpha value is -2.56. The molecule has 1 aliphatic rings. The molecule has 1 fully saturated rings. The number of rotatable bonds is 5. The highest BCUT2D eigenvalue weighted by Crippen LogP contribution is 2.23. The molecular weight excluding hydrogens is 370 g/mol. The fourth-order valence-corrected chi connectivity index (χ4v) is 3.89. The fourth-order valence-electron chi connectivity index (χ4n) is 3.71. The fraction of sp³-hybridized carbons (Fsp3) is 0.261. The van der Waals surface area contributed by atoms with E-state index in [2.05, 4.69) is 33.3 Å². The average molecular weight is 394 g/mol. The first-order chi connectivity index (χ1) is 13.7. The summed E-state index contributed by atoms with van der Waals surface area (Å²) in [5.41, 5.74) is 2.05. The molecule has 3 aromatic carbocycles. The number of piperazine rings is 1. The summed E-state index contributed by atoms with van der Waals surface area (Å²) in [6.07, 6.45) is 0.500.